The molecule has 0 N–H and O–H groups in total. The average Bonchev–Trinajstić information content (AvgIpc) is 2.81. The highest BCUT2D eigenvalue weighted by Gasteiger charge is 2.33. The van der Waals surface area contributed by atoms with Crippen molar-refractivity contribution in [2.24, 2.45) is 0 Å². The molecule has 0 spiro atoms. The lowest BCUT2D eigenvalue weighted by atomic mass is 10.2. The summed E-state index contributed by atoms with van der Waals surface area (Å²) in [7, 11) is -0.750. The van der Waals surface area contributed by atoms with Gasteiger partial charge >= 0.3 is 0 Å². The number of benzene rings is 4. The molecule has 0 amide bonds. The van der Waals surface area contributed by atoms with E-state index in [4.69, 9.17) is 0 Å². The molecule has 0 aliphatic carbocycles. The average molecular weight is 442 g/mol. The molecule has 3 heteroatoms. The Balaban J connectivity index is 1.72. The highest BCUT2D eigenvalue weighted by Crippen LogP contribution is 2.80. The molecule has 1 nitrogen and oxygen atoms in total. The van der Waals surface area contributed by atoms with Gasteiger partial charge in [0.15, 0.2) is 0 Å². The van der Waals surface area contributed by atoms with Crippen LogP contribution in [0, 0.1) is 0 Å². The summed E-state index contributed by atoms with van der Waals surface area (Å²) in [4.78, 5) is 0. The van der Waals surface area contributed by atoms with Crippen LogP contribution in [0.15, 0.2) is 121 Å². The minimum Gasteiger partial charge on any atom is -0.318 e. The molecule has 0 radical (unpaired) electrons. The maximum Gasteiger partial charge on any atom is 0.116 e. The van der Waals surface area contributed by atoms with Crippen LogP contribution in [0.2, 0.25) is 0 Å². The molecule has 0 atom stereocenters. The van der Waals surface area contributed by atoms with E-state index in [9.17, 15) is 4.57 Å². The van der Waals surface area contributed by atoms with E-state index in [0.717, 1.165) is 12.3 Å². The summed E-state index contributed by atoms with van der Waals surface area (Å²) in [6.07, 6.45) is 3.10. The number of hydrogen-bond donors (Lipinski definition) is 0. The second-order valence-electron chi connectivity index (χ2n) is 7.93. The molecular weight excluding hydrogens is 414 g/mol. The largest absolute Gasteiger partial charge is 0.318 e. The van der Waals surface area contributed by atoms with Crippen LogP contribution in [-0.2, 0) is 29.2 Å². The van der Waals surface area contributed by atoms with Crippen LogP contribution >= 0.6 is 14.4 Å². The second kappa shape index (κ2) is 10.7. The fraction of sp³-hybridized carbons (Fsp3) is 0.143. The topological polar surface area (TPSA) is 17.1 Å². The summed E-state index contributed by atoms with van der Waals surface area (Å²) in [6, 6.07) is 41.9. The molecule has 0 unspecified atom stereocenters. The summed E-state index contributed by atoms with van der Waals surface area (Å²) < 4.78 is 14.9. The zero-order valence-corrected chi connectivity index (χ0v) is 19.5. The Bertz CT molecular complexity index is 1010. The van der Waals surface area contributed by atoms with E-state index in [2.05, 4.69) is 109 Å². The van der Waals surface area contributed by atoms with Crippen molar-refractivity contribution in [1.29, 1.82) is 0 Å². The number of hydrogen-bond acceptors (Lipinski definition) is 1. The molecule has 4 aromatic carbocycles. The third-order valence-electron chi connectivity index (χ3n) is 5.48. The van der Waals surface area contributed by atoms with E-state index in [-0.39, 0.29) is 0 Å². The third kappa shape index (κ3) is 6.27. The van der Waals surface area contributed by atoms with E-state index in [1.54, 1.807) is 0 Å². The highest BCUT2D eigenvalue weighted by molar-refractivity contribution is 8.31. The van der Waals surface area contributed by atoms with Crippen LogP contribution in [0.3, 0.4) is 0 Å². The van der Waals surface area contributed by atoms with Crippen LogP contribution < -0.4 is 0 Å². The smallest absolute Gasteiger partial charge is 0.116 e. The van der Waals surface area contributed by atoms with E-state index < -0.39 is 14.4 Å². The first kappa shape index (κ1) is 21.8. The highest BCUT2D eigenvalue weighted by atomic mass is 32.1. The Morgan fingerprint density at radius 1 is 0.452 bits per heavy atom. The van der Waals surface area contributed by atoms with Crippen LogP contribution in [0.4, 0.5) is 0 Å². The minimum atomic E-state index is -2.54. The summed E-state index contributed by atoms with van der Waals surface area (Å²) in [5.74, 6) is 0. The zero-order chi connectivity index (χ0) is 21.4. The lowest BCUT2D eigenvalue weighted by molar-refractivity contribution is 0.583. The van der Waals surface area contributed by atoms with Gasteiger partial charge in [-0.3, -0.25) is 0 Å². The van der Waals surface area contributed by atoms with Crippen LogP contribution in [0.1, 0.15) is 22.3 Å². The van der Waals surface area contributed by atoms with Gasteiger partial charge < -0.3 is 4.57 Å². The van der Waals surface area contributed by atoms with Crippen molar-refractivity contribution < 1.29 is 4.57 Å². The molecule has 0 saturated heterocycles. The predicted octanol–water partition coefficient (Wildman–Crippen LogP) is 8.55. The molecule has 0 aliphatic heterocycles. The van der Waals surface area contributed by atoms with Crippen molar-refractivity contribution >= 4 is 14.4 Å². The minimum absolute atomic E-state index is 0.661. The monoisotopic (exact) mass is 442 g/mol. The standard InChI is InChI=1S/C28H28OP2/c29-31(23-27-17-9-3-10-18-27,24-28-19-11-4-12-20-28)30(21-25-13-5-1-6-14-25)22-26-15-7-2-8-16-26/h1-20H,21-24H2. The second-order valence-corrected chi connectivity index (χ2v) is 15.8. The predicted molar refractivity (Wildman–Crippen MR) is 135 cm³/mol. The lowest BCUT2D eigenvalue weighted by Gasteiger charge is -2.29. The quantitative estimate of drug-likeness (QED) is 0.237. The summed E-state index contributed by atoms with van der Waals surface area (Å²) >= 11 is 0. The van der Waals surface area contributed by atoms with Crippen molar-refractivity contribution in [3.8, 4) is 0 Å². The van der Waals surface area contributed by atoms with Gasteiger partial charge in [0.05, 0.1) is 0 Å². The third-order valence-corrected chi connectivity index (χ3v) is 14.5. The van der Waals surface area contributed by atoms with Gasteiger partial charge in [0.2, 0.25) is 0 Å². The fourth-order valence-corrected chi connectivity index (χ4v) is 12.6. The molecule has 0 aliphatic rings. The van der Waals surface area contributed by atoms with Gasteiger partial charge in [0.25, 0.3) is 0 Å². The SMILES string of the molecule is O=P(Cc1ccccc1)(Cc1ccccc1)P(Cc1ccccc1)Cc1ccccc1. The van der Waals surface area contributed by atoms with Crippen LogP contribution in [-0.4, -0.2) is 0 Å². The maximum absolute atomic E-state index is 14.9. The first-order valence-corrected chi connectivity index (χ1v) is 15.2. The molecule has 31 heavy (non-hydrogen) atoms. The van der Waals surface area contributed by atoms with E-state index >= 15 is 0 Å². The van der Waals surface area contributed by atoms with E-state index in [1.165, 1.54) is 22.3 Å². The molecular formula is C28H28OP2. The van der Waals surface area contributed by atoms with Gasteiger partial charge in [-0.1, -0.05) is 121 Å². The maximum atomic E-state index is 14.9. The summed E-state index contributed by atoms with van der Waals surface area (Å²) in [6.45, 7) is -2.54. The molecule has 0 saturated carbocycles. The fourth-order valence-electron chi connectivity index (χ4n) is 3.90. The van der Waals surface area contributed by atoms with Crippen molar-refractivity contribution in [3.05, 3.63) is 144 Å². The van der Waals surface area contributed by atoms with Gasteiger partial charge in [-0.15, -0.1) is 0 Å². The molecule has 4 aromatic rings. The number of rotatable bonds is 9. The van der Waals surface area contributed by atoms with Crippen LogP contribution in [0.5, 0.6) is 0 Å². The Hall–Kier alpha value is -2.46. The van der Waals surface area contributed by atoms with E-state index in [1.807, 2.05) is 12.1 Å². The molecule has 156 valence electrons. The Labute approximate surface area is 187 Å². The van der Waals surface area contributed by atoms with E-state index in [0.29, 0.717) is 12.3 Å². The summed E-state index contributed by atoms with van der Waals surface area (Å²) in [5, 5.41) is 0. The van der Waals surface area contributed by atoms with Crippen molar-refractivity contribution in [3.63, 3.8) is 0 Å². The zero-order valence-electron chi connectivity index (χ0n) is 17.7. The van der Waals surface area contributed by atoms with Crippen molar-refractivity contribution in [1.82, 2.24) is 0 Å². The molecule has 4 rings (SSSR count). The van der Waals surface area contributed by atoms with Gasteiger partial charge in [0.1, 0.15) is 6.83 Å². The lowest BCUT2D eigenvalue weighted by Crippen LogP contribution is -1.98. The van der Waals surface area contributed by atoms with Crippen molar-refractivity contribution in [2.75, 3.05) is 0 Å². The Kier molecular flexibility index (Phi) is 7.52. The molecule has 0 aromatic heterocycles. The first-order valence-electron chi connectivity index (χ1n) is 10.7. The summed E-state index contributed by atoms with van der Waals surface area (Å²) in [5.41, 5.74) is 4.92. The normalized spacial score (nSPS) is 11.5. The van der Waals surface area contributed by atoms with Gasteiger partial charge in [-0.2, -0.15) is 0 Å². The molecule has 0 fully saturated rings. The Morgan fingerprint density at radius 3 is 1.06 bits per heavy atom. The van der Waals surface area contributed by atoms with Gasteiger partial charge in [0, 0.05) is 12.3 Å². The Morgan fingerprint density at radius 2 is 0.742 bits per heavy atom. The van der Waals surface area contributed by atoms with Crippen LogP contribution in [0.25, 0.3) is 0 Å². The first-order chi connectivity index (χ1) is 15.2. The molecule has 0 heterocycles. The molecule has 0 bridgehead atoms. The van der Waals surface area contributed by atoms with Crippen molar-refractivity contribution in [2.45, 2.75) is 24.6 Å². The van der Waals surface area contributed by atoms with Gasteiger partial charge in [-0.25, -0.2) is 0 Å². The van der Waals surface area contributed by atoms with Gasteiger partial charge in [-0.05, 0) is 42.2 Å².